The van der Waals surface area contributed by atoms with Gasteiger partial charge in [-0.25, -0.2) is 4.79 Å². The summed E-state index contributed by atoms with van der Waals surface area (Å²) in [6.07, 6.45) is 3.37. The lowest BCUT2D eigenvalue weighted by Crippen LogP contribution is -2.57. The number of benzene rings is 2. The molecule has 160 valence electrons. The van der Waals surface area contributed by atoms with Gasteiger partial charge in [0.05, 0.1) is 12.2 Å². The first kappa shape index (κ1) is 20.7. The van der Waals surface area contributed by atoms with Gasteiger partial charge in [0.25, 0.3) is 0 Å². The summed E-state index contributed by atoms with van der Waals surface area (Å²) in [5, 5.41) is 6.30. The fourth-order valence-corrected chi connectivity index (χ4v) is 3.37. The standard InChI is InChI=1S/C24H26N4O3/c29-24(28-14-13-26-15-21(28)18-31-23-7-4-12-25-16-23)27-20-8-10-22(11-9-20)30-17-19-5-2-1-3-6-19/h1-12,16,21,26H,13-15,17-18H2,(H,27,29). The Balaban J connectivity index is 1.30. The van der Waals surface area contributed by atoms with Gasteiger partial charge in [-0.1, -0.05) is 30.3 Å². The number of piperazine rings is 1. The van der Waals surface area contributed by atoms with Crippen LogP contribution in [0.2, 0.25) is 0 Å². The summed E-state index contributed by atoms with van der Waals surface area (Å²) in [5.74, 6) is 1.45. The minimum atomic E-state index is -0.140. The van der Waals surface area contributed by atoms with Gasteiger partial charge in [-0.3, -0.25) is 4.98 Å². The van der Waals surface area contributed by atoms with Gasteiger partial charge in [0.15, 0.2) is 0 Å². The van der Waals surface area contributed by atoms with Gasteiger partial charge in [-0.15, -0.1) is 0 Å². The minimum absolute atomic E-state index is 0.0672. The van der Waals surface area contributed by atoms with Crippen molar-refractivity contribution < 1.29 is 14.3 Å². The summed E-state index contributed by atoms with van der Waals surface area (Å²) < 4.78 is 11.6. The molecule has 2 heterocycles. The molecule has 0 bridgehead atoms. The zero-order valence-electron chi connectivity index (χ0n) is 17.2. The van der Waals surface area contributed by atoms with Gasteiger partial charge in [0, 0.05) is 31.5 Å². The van der Waals surface area contributed by atoms with Crippen LogP contribution in [0.15, 0.2) is 79.1 Å². The third kappa shape index (κ3) is 5.96. The molecule has 0 saturated carbocycles. The molecule has 1 unspecified atom stereocenters. The maximum atomic E-state index is 12.9. The van der Waals surface area contributed by atoms with Crippen LogP contribution in [0.25, 0.3) is 0 Å². The van der Waals surface area contributed by atoms with Crippen LogP contribution >= 0.6 is 0 Å². The highest BCUT2D eigenvalue weighted by molar-refractivity contribution is 5.89. The first-order valence-electron chi connectivity index (χ1n) is 10.4. The van der Waals surface area contributed by atoms with Crippen LogP contribution in [-0.2, 0) is 6.61 Å². The summed E-state index contributed by atoms with van der Waals surface area (Å²) in [7, 11) is 0. The van der Waals surface area contributed by atoms with E-state index < -0.39 is 0 Å². The predicted molar refractivity (Wildman–Crippen MR) is 119 cm³/mol. The second-order valence-electron chi connectivity index (χ2n) is 7.28. The van der Waals surface area contributed by atoms with E-state index in [1.165, 1.54) is 0 Å². The molecule has 0 spiro atoms. The summed E-state index contributed by atoms with van der Waals surface area (Å²) in [6, 6.07) is 20.9. The van der Waals surface area contributed by atoms with Crippen LogP contribution in [0.5, 0.6) is 11.5 Å². The number of carbonyl (C=O) groups is 1. The summed E-state index contributed by atoms with van der Waals surface area (Å²) >= 11 is 0. The fraction of sp³-hybridized carbons (Fsp3) is 0.250. The van der Waals surface area contributed by atoms with Gasteiger partial charge in [-0.2, -0.15) is 0 Å². The number of nitrogens with zero attached hydrogens (tertiary/aromatic N) is 2. The zero-order valence-corrected chi connectivity index (χ0v) is 17.2. The Morgan fingerprint density at radius 1 is 1.03 bits per heavy atom. The maximum Gasteiger partial charge on any atom is 0.322 e. The van der Waals surface area contributed by atoms with E-state index in [-0.39, 0.29) is 12.1 Å². The van der Waals surface area contributed by atoms with E-state index in [1.807, 2.05) is 71.6 Å². The van der Waals surface area contributed by atoms with E-state index in [9.17, 15) is 4.79 Å². The maximum absolute atomic E-state index is 12.9. The van der Waals surface area contributed by atoms with Crippen LogP contribution in [0.4, 0.5) is 10.5 Å². The number of aromatic nitrogens is 1. The Hall–Kier alpha value is -3.58. The largest absolute Gasteiger partial charge is 0.490 e. The van der Waals surface area contributed by atoms with Crippen LogP contribution < -0.4 is 20.1 Å². The average Bonchev–Trinajstić information content (AvgIpc) is 2.84. The van der Waals surface area contributed by atoms with E-state index in [0.717, 1.165) is 23.5 Å². The first-order valence-corrected chi connectivity index (χ1v) is 10.4. The van der Waals surface area contributed by atoms with Crippen LogP contribution in [-0.4, -0.2) is 48.2 Å². The summed E-state index contributed by atoms with van der Waals surface area (Å²) in [6.45, 7) is 2.96. The Morgan fingerprint density at radius 3 is 2.65 bits per heavy atom. The smallest absolute Gasteiger partial charge is 0.322 e. The van der Waals surface area contributed by atoms with Crippen LogP contribution in [0, 0.1) is 0 Å². The molecule has 1 aliphatic rings. The molecule has 2 amide bonds. The Morgan fingerprint density at radius 2 is 1.87 bits per heavy atom. The molecule has 0 aliphatic carbocycles. The molecule has 3 aromatic rings. The highest BCUT2D eigenvalue weighted by atomic mass is 16.5. The molecule has 0 radical (unpaired) electrons. The monoisotopic (exact) mass is 418 g/mol. The fourth-order valence-electron chi connectivity index (χ4n) is 3.37. The van der Waals surface area contributed by atoms with Gasteiger partial charge in [0.1, 0.15) is 24.7 Å². The quantitative estimate of drug-likeness (QED) is 0.614. The number of carbonyl (C=O) groups excluding carboxylic acids is 1. The van der Waals surface area contributed by atoms with E-state index in [4.69, 9.17) is 9.47 Å². The van der Waals surface area contributed by atoms with Crippen molar-refractivity contribution >= 4 is 11.7 Å². The molecule has 1 aliphatic heterocycles. The van der Waals surface area contributed by atoms with Crippen LogP contribution in [0.1, 0.15) is 5.56 Å². The third-order valence-electron chi connectivity index (χ3n) is 5.04. The van der Waals surface area contributed by atoms with Crippen molar-refractivity contribution in [1.82, 2.24) is 15.2 Å². The number of pyridine rings is 1. The van der Waals surface area contributed by atoms with Gasteiger partial charge in [-0.05, 0) is 42.0 Å². The number of amides is 2. The Bertz CT molecular complexity index is 952. The number of hydrogen-bond acceptors (Lipinski definition) is 5. The number of hydrogen-bond donors (Lipinski definition) is 2. The second kappa shape index (κ2) is 10.4. The van der Waals surface area contributed by atoms with Crippen molar-refractivity contribution in [3.8, 4) is 11.5 Å². The van der Waals surface area contributed by atoms with Crippen molar-refractivity contribution in [2.75, 3.05) is 31.6 Å². The molecule has 1 atom stereocenters. The van der Waals surface area contributed by atoms with Crippen molar-refractivity contribution in [3.63, 3.8) is 0 Å². The van der Waals surface area contributed by atoms with Crippen molar-refractivity contribution in [1.29, 1.82) is 0 Å². The highest BCUT2D eigenvalue weighted by Gasteiger charge is 2.27. The second-order valence-corrected chi connectivity index (χ2v) is 7.28. The van der Waals surface area contributed by atoms with Crippen molar-refractivity contribution in [2.45, 2.75) is 12.6 Å². The van der Waals surface area contributed by atoms with Gasteiger partial charge >= 0.3 is 6.03 Å². The minimum Gasteiger partial charge on any atom is -0.490 e. The van der Waals surface area contributed by atoms with E-state index in [2.05, 4.69) is 15.6 Å². The first-order chi connectivity index (χ1) is 15.3. The number of anilines is 1. The lowest BCUT2D eigenvalue weighted by molar-refractivity contribution is 0.133. The molecule has 1 fully saturated rings. The lowest BCUT2D eigenvalue weighted by Gasteiger charge is -2.35. The summed E-state index contributed by atoms with van der Waals surface area (Å²) in [5.41, 5.74) is 1.83. The number of nitrogens with one attached hydrogen (secondary N) is 2. The normalized spacial score (nSPS) is 15.9. The Kier molecular flexibility index (Phi) is 6.97. The summed E-state index contributed by atoms with van der Waals surface area (Å²) in [4.78, 5) is 18.7. The van der Waals surface area contributed by atoms with Crippen molar-refractivity contribution in [2.24, 2.45) is 0 Å². The SMILES string of the molecule is O=C(Nc1ccc(OCc2ccccc2)cc1)N1CCNCC1COc1cccnc1. The molecule has 1 saturated heterocycles. The third-order valence-corrected chi connectivity index (χ3v) is 5.04. The van der Waals surface area contributed by atoms with Gasteiger partial charge < -0.3 is 25.0 Å². The average molecular weight is 418 g/mol. The predicted octanol–water partition coefficient (Wildman–Crippen LogP) is 3.55. The van der Waals surface area contributed by atoms with E-state index in [1.54, 1.807) is 12.4 Å². The zero-order chi connectivity index (χ0) is 21.3. The van der Waals surface area contributed by atoms with E-state index >= 15 is 0 Å². The number of rotatable bonds is 7. The molecular weight excluding hydrogens is 392 g/mol. The molecule has 31 heavy (non-hydrogen) atoms. The van der Waals surface area contributed by atoms with E-state index in [0.29, 0.717) is 32.1 Å². The lowest BCUT2D eigenvalue weighted by atomic mass is 10.2. The molecule has 2 N–H and O–H groups in total. The molecule has 2 aromatic carbocycles. The molecule has 7 heteroatoms. The number of urea groups is 1. The van der Waals surface area contributed by atoms with Crippen LogP contribution in [0.3, 0.4) is 0 Å². The molecule has 7 nitrogen and oxygen atoms in total. The topological polar surface area (TPSA) is 75.7 Å². The molecular formula is C24H26N4O3. The van der Waals surface area contributed by atoms with Crippen molar-refractivity contribution in [3.05, 3.63) is 84.7 Å². The number of ether oxygens (including phenoxy) is 2. The van der Waals surface area contributed by atoms with Gasteiger partial charge in [0.2, 0.25) is 0 Å². The highest BCUT2D eigenvalue weighted by Crippen LogP contribution is 2.18. The molecule has 4 rings (SSSR count). The molecule has 1 aromatic heterocycles. The Labute approximate surface area is 182 Å².